The maximum atomic E-state index is 9.44. The summed E-state index contributed by atoms with van der Waals surface area (Å²) >= 11 is 0. The minimum Gasteiger partial charge on any atom is -0.508 e. The summed E-state index contributed by atoms with van der Waals surface area (Å²) < 4.78 is 0. The van der Waals surface area contributed by atoms with Crippen LogP contribution >= 0.6 is 0 Å². The monoisotopic (exact) mass is 206 g/mol. The standard InChI is InChI=1S/C12H18N2O/c1-12(2)7-13-10-6-9(15)4-5-11(10)14(3)8-12/h4-6,13,15H,7-8H2,1-3H3. The molecule has 0 fully saturated rings. The van der Waals surface area contributed by atoms with Crippen molar-refractivity contribution in [1.29, 1.82) is 0 Å². The summed E-state index contributed by atoms with van der Waals surface area (Å²) in [7, 11) is 2.09. The largest absolute Gasteiger partial charge is 0.508 e. The molecule has 0 bridgehead atoms. The Bertz CT molecular complexity index is 374. The molecule has 0 spiro atoms. The van der Waals surface area contributed by atoms with E-state index in [4.69, 9.17) is 0 Å². The molecule has 3 nitrogen and oxygen atoms in total. The molecule has 0 amide bonds. The van der Waals surface area contributed by atoms with Gasteiger partial charge in [-0.1, -0.05) is 13.8 Å². The van der Waals surface area contributed by atoms with Crippen LogP contribution in [-0.4, -0.2) is 25.2 Å². The second-order valence-corrected chi connectivity index (χ2v) is 5.08. The van der Waals surface area contributed by atoms with Gasteiger partial charge in [0.15, 0.2) is 0 Å². The normalized spacial score (nSPS) is 19.0. The quantitative estimate of drug-likeness (QED) is 0.683. The van der Waals surface area contributed by atoms with Gasteiger partial charge in [0, 0.05) is 26.2 Å². The van der Waals surface area contributed by atoms with Crippen LogP contribution in [0.1, 0.15) is 13.8 Å². The van der Waals surface area contributed by atoms with Crippen molar-refractivity contribution in [3.05, 3.63) is 18.2 Å². The van der Waals surface area contributed by atoms with Crippen molar-refractivity contribution in [1.82, 2.24) is 0 Å². The van der Waals surface area contributed by atoms with E-state index in [0.717, 1.165) is 24.5 Å². The number of fused-ring (bicyclic) bond motifs is 1. The van der Waals surface area contributed by atoms with Crippen LogP contribution in [0.2, 0.25) is 0 Å². The molecule has 0 unspecified atom stereocenters. The van der Waals surface area contributed by atoms with Crippen molar-refractivity contribution in [2.45, 2.75) is 13.8 Å². The Labute approximate surface area is 90.7 Å². The highest BCUT2D eigenvalue weighted by atomic mass is 16.3. The van der Waals surface area contributed by atoms with Gasteiger partial charge in [0.2, 0.25) is 0 Å². The number of aromatic hydroxyl groups is 1. The molecule has 0 radical (unpaired) electrons. The molecule has 0 saturated carbocycles. The third-order valence-corrected chi connectivity index (χ3v) is 2.81. The van der Waals surface area contributed by atoms with Gasteiger partial charge in [0.05, 0.1) is 11.4 Å². The zero-order valence-electron chi connectivity index (χ0n) is 9.54. The zero-order chi connectivity index (χ0) is 11.1. The average Bonchev–Trinajstić information content (AvgIpc) is 2.23. The van der Waals surface area contributed by atoms with E-state index in [2.05, 4.69) is 31.1 Å². The number of anilines is 2. The summed E-state index contributed by atoms with van der Waals surface area (Å²) in [5, 5.41) is 12.8. The van der Waals surface area contributed by atoms with Crippen LogP contribution in [0, 0.1) is 5.41 Å². The number of nitrogens with one attached hydrogen (secondary N) is 1. The Morgan fingerprint density at radius 3 is 2.87 bits per heavy atom. The predicted octanol–water partition coefficient (Wildman–Crippen LogP) is 2.28. The number of benzene rings is 1. The molecule has 1 heterocycles. The van der Waals surface area contributed by atoms with Crippen LogP contribution in [0.25, 0.3) is 0 Å². The van der Waals surface area contributed by atoms with Gasteiger partial charge >= 0.3 is 0 Å². The Kier molecular flexibility index (Phi) is 2.25. The van der Waals surface area contributed by atoms with Gasteiger partial charge in [-0.25, -0.2) is 0 Å². The van der Waals surface area contributed by atoms with E-state index < -0.39 is 0 Å². The SMILES string of the molecule is CN1CC(C)(C)CNc2cc(O)ccc21. The maximum Gasteiger partial charge on any atom is 0.117 e. The Morgan fingerprint density at radius 1 is 1.40 bits per heavy atom. The van der Waals surface area contributed by atoms with Crippen LogP contribution in [0.4, 0.5) is 11.4 Å². The number of phenols is 1. The smallest absolute Gasteiger partial charge is 0.117 e. The summed E-state index contributed by atoms with van der Waals surface area (Å²) in [6.45, 7) is 6.41. The van der Waals surface area contributed by atoms with Gasteiger partial charge in [-0.2, -0.15) is 0 Å². The molecule has 3 heteroatoms. The second-order valence-electron chi connectivity index (χ2n) is 5.08. The van der Waals surface area contributed by atoms with E-state index in [1.54, 1.807) is 12.1 Å². The molecule has 0 aliphatic carbocycles. The molecular formula is C12H18N2O. The number of rotatable bonds is 0. The average molecular weight is 206 g/mol. The van der Waals surface area contributed by atoms with E-state index >= 15 is 0 Å². The van der Waals surface area contributed by atoms with Gasteiger partial charge in [0.1, 0.15) is 5.75 Å². The molecule has 1 aliphatic heterocycles. The highest BCUT2D eigenvalue weighted by Gasteiger charge is 2.25. The summed E-state index contributed by atoms with van der Waals surface area (Å²) in [6, 6.07) is 5.47. The summed E-state index contributed by atoms with van der Waals surface area (Å²) in [6.07, 6.45) is 0. The fourth-order valence-electron chi connectivity index (χ4n) is 2.12. The van der Waals surface area contributed by atoms with Gasteiger partial charge < -0.3 is 15.3 Å². The van der Waals surface area contributed by atoms with Crippen LogP contribution in [0.3, 0.4) is 0 Å². The van der Waals surface area contributed by atoms with E-state index in [-0.39, 0.29) is 5.41 Å². The highest BCUT2D eigenvalue weighted by Crippen LogP contribution is 2.34. The van der Waals surface area contributed by atoms with Crippen molar-refractivity contribution in [2.24, 2.45) is 5.41 Å². The van der Waals surface area contributed by atoms with E-state index in [0.29, 0.717) is 5.75 Å². The maximum absolute atomic E-state index is 9.44. The Balaban J connectivity index is 2.39. The number of phenolic OH excluding ortho intramolecular Hbond substituents is 1. The predicted molar refractivity (Wildman–Crippen MR) is 63.6 cm³/mol. The molecule has 0 atom stereocenters. The van der Waals surface area contributed by atoms with E-state index in [1.807, 2.05) is 6.07 Å². The van der Waals surface area contributed by atoms with Crippen LogP contribution in [0.15, 0.2) is 18.2 Å². The molecule has 0 aromatic heterocycles. The minimum absolute atomic E-state index is 0.239. The lowest BCUT2D eigenvalue weighted by Gasteiger charge is -2.27. The first-order valence-electron chi connectivity index (χ1n) is 5.26. The Hall–Kier alpha value is -1.38. The van der Waals surface area contributed by atoms with Crippen molar-refractivity contribution >= 4 is 11.4 Å². The molecule has 1 aromatic rings. The molecule has 82 valence electrons. The molecule has 15 heavy (non-hydrogen) atoms. The fourth-order valence-corrected chi connectivity index (χ4v) is 2.12. The molecule has 2 N–H and O–H groups in total. The van der Waals surface area contributed by atoms with Crippen molar-refractivity contribution < 1.29 is 5.11 Å². The lowest BCUT2D eigenvalue weighted by atomic mass is 9.93. The number of nitrogens with zero attached hydrogens (tertiary/aromatic N) is 1. The van der Waals surface area contributed by atoms with Gasteiger partial charge in [0.25, 0.3) is 0 Å². The number of hydrogen-bond acceptors (Lipinski definition) is 3. The Morgan fingerprint density at radius 2 is 2.13 bits per heavy atom. The van der Waals surface area contributed by atoms with Gasteiger partial charge in [-0.15, -0.1) is 0 Å². The molecule has 0 saturated heterocycles. The third kappa shape index (κ3) is 2.01. The molecule has 2 rings (SSSR count). The molecular weight excluding hydrogens is 188 g/mol. The summed E-state index contributed by atoms with van der Waals surface area (Å²) in [5.74, 6) is 0.314. The first-order chi connectivity index (χ1) is 6.98. The van der Waals surface area contributed by atoms with Crippen molar-refractivity contribution in [2.75, 3.05) is 30.4 Å². The highest BCUT2D eigenvalue weighted by molar-refractivity contribution is 5.72. The summed E-state index contributed by atoms with van der Waals surface area (Å²) in [4.78, 5) is 2.23. The second kappa shape index (κ2) is 3.33. The third-order valence-electron chi connectivity index (χ3n) is 2.81. The first-order valence-corrected chi connectivity index (χ1v) is 5.26. The number of hydrogen-bond donors (Lipinski definition) is 2. The van der Waals surface area contributed by atoms with Gasteiger partial charge in [-0.05, 0) is 17.5 Å². The topological polar surface area (TPSA) is 35.5 Å². The lowest BCUT2D eigenvalue weighted by molar-refractivity contribution is 0.403. The molecule has 1 aliphatic rings. The van der Waals surface area contributed by atoms with E-state index in [9.17, 15) is 5.11 Å². The first kappa shape index (κ1) is 10.1. The van der Waals surface area contributed by atoms with Crippen molar-refractivity contribution in [3.8, 4) is 5.75 Å². The van der Waals surface area contributed by atoms with Crippen LogP contribution < -0.4 is 10.2 Å². The van der Waals surface area contributed by atoms with Crippen molar-refractivity contribution in [3.63, 3.8) is 0 Å². The summed E-state index contributed by atoms with van der Waals surface area (Å²) in [5.41, 5.74) is 2.41. The van der Waals surface area contributed by atoms with E-state index in [1.165, 1.54) is 0 Å². The zero-order valence-corrected chi connectivity index (χ0v) is 9.54. The fraction of sp³-hybridized carbons (Fsp3) is 0.500. The molecule has 1 aromatic carbocycles. The van der Waals surface area contributed by atoms with Gasteiger partial charge in [-0.3, -0.25) is 0 Å². The lowest BCUT2D eigenvalue weighted by Crippen LogP contribution is -2.33. The minimum atomic E-state index is 0.239. The van der Waals surface area contributed by atoms with Crippen LogP contribution in [-0.2, 0) is 0 Å². The van der Waals surface area contributed by atoms with Crippen LogP contribution in [0.5, 0.6) is 5.75 Å².